The summed E-state index contributed by atoms with van der Waals surface area (Å²) in [5, 5.41) is 3.35. The molecule has 3 rings (SSSR count). The van der Waals surface area contributed by atoms with Gasteiger partial charge in [-0.25, -0.2) is 4.39 Å². The third-order valence-electron chi connectivity index (χ3n) is 3.53. The Morgan fingerprint density at radius 1 is 1.40 bits per heavy atom. The highest BCUT2D eigenvalue weighted by molar-refractivity contribution is 5.50. The van der Waals surface area contributed by atoms with Gasteiger partial charge >= 0.3 is 0 Å². The second-order valence-corrected chi connectivity index (χ2v) is 4.86. The van der Waals surface area contributed by atoms with E-state index >= 15 is 0 Å². The molecular formula is C16H17FN2O. The van der Waals surface area contributed by atoms with E-state index in [4.69, 9.17) is 4.74 Å². The molecule has 1 aromatic heterocycles. The molecule has 0 radical (unpaired) electrons. The van der Waals surface area contributed by atoms with Crippen LogP contribution in [0.5, 0.6) is 5.75 Å². The fourth-order valence-corrected chi connectivity index (χ4v) is 2.62. The smallest absolute Gasteiger partial charge is 0.167 e. The number of halogens is 1. The van der Waals surface area contributed by atoms with Gasteiger partial charge in [-0.1, -0.05) is 6.07 Å². The Bertz CT molecular complexity index is 615. The maximum atomic E-state index is 13.8. The Hall–Kier alpha value is -2.10. The number of anilines is 1. The van der Waals surface area contributed by atoms with Gasteiger partial charge in [0.25, 0.3) is 0 Å². The number of nitrogens with one attached hydrogen (secondary N) is 1. The third kappa shape index (κ3) is 2.46. The van der Waals surface area contributed by atoms with Gasteiger partial charge in [0.1, 0.15) is 0 Å². The highest BCUT2D eigenvalue weighted by atomic mass is 19.1. The lowest BCUT2D eigenvalue weighted by atomic mass is 10.2. The van der Waals surface area contributed by atoms with Gasteiger partial charge < -0.3 is 10.1 Å². The molecule has 0 fully saturated rings. The lowest BCUT2D eigenvalue weighted by Crippen LogP contribution is -2.09. The van der Waals surface area contributed by atoms with E-state index in [2.05, 4.69) is 16.4 Å². The minimum Gasteiger partial charge on any atom is -0.491 e. The van der Waals surface area contributed by atoms with Crippen molar-refractivity contribution in [2.75, 3.05) is 11.9 Å². The molecule has 3 nitrogen and oxygen atoms in total. The molecule has 20 heavy (non-hydrogen) atoms. The van der Waals surface area contributed by atoms with Crippen molar-refractivity contribution in [1.29, 1.82) is 0 Å². The summed E-state index contributed by atoms with van der Waals surface area (Å²) in [7, 11) is 0. The zero-order valence-corrected chi connectivity index (χ0v) is 11.4. The lowest BCUT2D eigenvalue weighted by molar-refractivity contribution is 0.321. The first-order valence-electron chi connectivity index (χ1n) is 6.90. The van der Waals surface area contributed by atoms with Gasteiger partial charge in [-0.3, -0.25) is 4.98 Å². The molecule has 0 saturated heterocycles. The number of fused-ring (bicyclic) bond motifs is 1. The molecule has 1 atom stereocenters. The number of rotatable bonds is 4. The Labute approximate surface area is 117 Å². The topological polar surface area (TPSA) is 34.1 Å². The summed E-state index contributed by atoms with van der Waals surface area (Å²) in [6.45, 7) is 2.30. The molecule has 4 heteroatoms. The minimum absolute atomic E-state index is 0.156. The van der Waals surface area contributed by atoms with E-state index in [-0.39, 0.29) is 11.9 Å². The van der Waals surface area contributed by atoms with Crippen LogP contribution in [-0.4, -0.2) is 11.6 Å². The largest absolute Gasteiger partial charge is 0.491 e. The number of hydrogen-bond donors (Lipinski definition) is 1. The average molecular weight is 272 g/mol. The molecule has 0 saturated carbocycles. The van der Waals surface area contributed by atoms with Crippen LogP contribution in [0.25, 0.3) is 0 Å². The van der Waals surface area contributed by atoms with Crippen LogP contribution in [-0.2, 0) is 6.42 Å². The molecule has 1 N–H and O–H groups in total. The molecule has 1 unspecified atom stereocenters. The molecule has 0 amide bonds. The van der Waals surface area contributed by atoms with Crippen LogP contribution in [0.15, 0.2) is 36.5 Å². The fourth-order valence-electron chi connectivity index (χ4n) is 2.62. The van der Waals surface area contributed by atoms with Gasteiger partial charge in [-0.05, 0) is 43.5 Å². The van der Waals surface area contributed by atoms with Crippen LogP contribution in [0, 0.1) is 5.82 Å². The van der Waals surface area contributed by atoms with Gasteiger partial charge in [0.2, 0.25) is 0 Å². The molecule has 1 aliphatic carbocycles. The summed E-state index contributed by atoms with van der Waals surface area (Å²) in [4.78, 5) is 4.43. The quantitative estimate of drug-likeness (QED) is 0.921. The van der Waals surface area contributed by atoms with Gasteiger partial charge in [0.15, 0.2) is 11.6 Å². The van der Waals surface area contributed by atoms with Crippen LogP contribution >= 0.6 is 0 Å². The van der Waals surface area contributed by atoms with Crippen LogP contribution in [0.3, 0.4) is 0 Å². The number of aryl methyl sites for hydroxylation is 1. The van der Waals surface area contributed by atoms with Crippen molar-refractivity contribution in [2.45, 2.75) is 25.8 Å². The lowest BCUT2D eigenvalue weighted by Gasteiger charge is -2.15. The number of pyridine rings is 1. The summed E-state index contributed by atoms with van der Waals surface area (Å²) in [5.41, 5.74) is 3.10. The molecule has 0 spiro atoms. The third-order valence-corrected chi connectivity index (χ3v) is 3.53. The molecule has 0 bridgehead atoms. The Morgan fingerprint density at radius 2 is 2.30 bits per heavy atom. The summed E-state index contributed by atoms with van der Waals surface area (Å²) >= 11 is 0. The molecule has 1 aromatic carbocycles. The first kappa shape index (κ1) is 12.9. The van der Waals surface area contributed by atoms with E-state index in [1.54, 1.807) is 12.3 Å². The summed E-state index contributed by atoms with van der Waals surface area (Å²) in [5.74, 6) is -0.0425. The highest BCUT2D eigenvalue weighted by Gasteiger charge is 2.23. The van der Waals surface area contributed by atoms with Gasteiger partial charge in [-0.2, -0.15) is 0 Å². The van der Waals surface area contributed by atoms with Crippen molar-refractivity contribution in [2.24, 2.45) is 0 Å². The number of benzene rings is 1. The predicted molar refractivity (Wildman–Crippen MR) is 76.5 cm³/mol. The minimum atomic E-state index is -0.337. The van der Waals surface area contributed by atoms with Crippen LogP contribution in [0.2, 0.25) is 0 Å². The van der Waals surface area contributed by atoms with Crippen molar-refractivity contribution >= 4 is 5.69 Å². The zero-order valence-electron chi connectivity index (χ0n) is 11.4. The number of nitrogens with zero attached hydrogens (tertiary/aromatic N) is 1. The summed E-state index contributed by atoms with van der Waals surface area (Å²) in [6.07, 6.45) is 3.80. The molecule has 1 heterocycles. The first-order chi connectivity index (χ1) is 9.78. The van der Waals surface area contributed by atoms with Crippen molar-refractivity contribution < 1.29 is 9.13 Å². The monoisotopic (exact) mass is 272 g/mol. The Balaban J connectivity index is 1.78. The van der Waals surface area contributed by atoms with Gasteiger partial charge in [0, 0.05) is 18.0 Å². The number of ether oxygens (including phenoxy) is 1. The molecule has 1 aliphatic rings. The van der Waals surface area contributed by atoms with Crippen molar-refractivity contribution in [3.05, 3.63) is 53.6 Å². The number of hydrogen-bond acceptors (Lipinski definition) is 3. The predicted octanol–water partition coefficient (Wildman–Crippen LogP) is 3.72. The highest BCUT2D eigenvalue weighted by Crippen LogP contribution is 2.32. The van der Waals surface area contributed by atoms with Gasteiger partial charge in [-0.15, -0.1) is 0 Å². The van der Waals surface area contributed by atoms with Crippen molar-refractivity contribution in [3.63, 3.8) is 0 Å². The van der Waals surface area contributed by atoms with Crippen LogP contribution in [0.4, 0.5) is 10.1 Å². The maximum absolute atomic E-state index is 13.8. The Morgan fingerprint density at radius 3 is 3.10 bits per heavy atom. The van der Waals surface area contributed by atoms with Crippen LogP contribution < -0.4 is 10.1 Å². The van der Waals surface area contributed by atoms with E-state index in [1.807, 2.05) is 19.1 Å². The fraction of sp³-hybridized carbons (Fsp3) is 0.312. The van der Waals surface area contributed by atoms with Crippen molar-refractivity contribution in [1.82, 2.24) is 4.98 Å². The van der Waals surface area contributed by atoms with Crippen molar-refractivity contribution in [3.8, 4) is 5.75 Å². The van der Waals surface area contributed by atoms with E-state index in [1.165, 1.54) is 11.6 Å². The first-order valence-corrected chi connectivity index (χ1v) is 6.90. The zero-order chi connectivity index (χ0) is 13.9. The second kappa shape index (κ2) is 5.49. The summed E-state index contributed by atoms with van der Waals surface area (Å²) < 4.78 is 19.0. The maximum Gasteiger partial charge on any atom is 0.167 e. The van der Waals surface area contributed by atoms with E-state index in [9.17, 15) is 4.39 Å². The van der Waals surface area contributed by atoms with E-state index in [0.29, 0.717) is 12.4 Å². The van der Waals surface area contributed by atoms with E-state index < -0.39 is 0 Å². The Kier molecular flexibility index (Phi) is 3.54. The van der Waals surface area contributed by atoms with E-state index in [0.717, 1.165) is 24.2 Å². The van der Waals surface area contributed by atoms with Gasteiger partial charge in [0.05, 0.1) is 18.3 Å². The normalized spacial score (nSPS) is 16.8. The summed E-state index contributed by atoms with van der Waals surface area (Å²) in [6, 6.07) is 9.19. The number of aromatic nitrogens is 1. The second-order valence-electron chi connectivity index (χ2n) is 4.86. The standard InChI is InChI=1S/C16H17FN2O/c1-2-20-15-8-6-12(10-13(15)17)19-14-7-5-11-4-3-9-18-16(11)14/h3-4,6,8-10,14,19H,2,5,7H2,1H3. The SMILES string of the molecule is CCOc1ccc(NC2CCc3cccnc32)cc1F. The molecular weight excluding hydrogens is 255 g/mol. The van der Waals surface area contributed by atoms with Crippen LogP contribution in [0.1, 0.15) is 30.6 Å². The molecule has 2 aromatic rings. The molecule has 0 aliphatic heterocycles. The molecule has 104 valence electrons. The average Bonchev–Trinajstić information content (AvgIpc) is 2.86.